The van der Waals surface area contributed by atoms with Gasteiger partial charge in [0, 0.05) is 17.1 Å². The fourth-order valence-corrected chi connectivity index (χ4v) is 2.97. The number of nitrogens with zero attached hydrogens (tertiary/aromatic N) is 1. The lowest BCUT2D eigenvalue weighted by atomic mass is 10.1. The van der Waals surface area contributed by atoms with Crippen LogP contribution in [0.4, 0.5) is 0 Å². The van der Waals surface area contributed by atoms with Crippen molar-refractivity contribution in [3.8, 4) is 0 Å². The van der Waals surface area contributed by atoms with Crippen molar-refractivity contribution in [1.82, 2.24) is 10.2 Å². The van der Waals surface area contributed by atoms with Crippen molar-refractivity contribution in [2.45, 2.75) is 57.5 Å². The summed E-state index contributed by atoms with van der Waals surface area (Å²) in [6.45, 7) is 4.58. The Hall–Kier alpha value is -0.570. The number of unbranched alkanes of at least 4 members (excludes halogenated alkanes) is 3. The van der Waals surface area contributed by atoms with E-state index < -0.39 is 0 Å². The molecule has 1 unspecified atom stereocenters. The van der Waals surface area contributed by atoms with E-state index in [1.165, 1.54) is 50.6 Å². The van der Waals surface area contributed by atoms with Gasteiger partial charge >= 0.3 is 0 Å². The van der Waals surface area contributed by atoms with E-state index in [9.17, 15) is 0 Å². The van der Waals surface area contributed by atoms with Gasteiger partial charge in [0.05, 0.1) is 0 Å². The minimum Gasteiger partial charge on any atom is -0.314 e. The van der Waals surface area contributed by atoms with Crippen LogP contribution in [-0.4, -0.2) is 31.1 Å². The highest BCUT2D eigenvalue weighted by atomic mass is 35.5. The molecule has 1 atom stereocenters. The molecule has 0 spiro atoms. The lowest BCUT2D eigenvalue weighted by Crippen LogP contribution is -2.23. The third-order valence-corrected chi connectivity index (χ3v) is 4.81. The SMILES string of the molecule is CC(c1ccccc1Cl)N(C)CCCCCCNC1CC1. The first kappa shape index (κ1) is 16.8. The molecule has 1 aliphatic carbocycles. The van der Waals surface area contributed by atoms with Gasteiger partial charge in [-0.05, 0) is 64.4 Å². The summed E-state index contributed by atoms with van der Waals surface area (Å²) in [5, 5.41) is 4.45. The Balaban J connectivity index is 1.57. The molecule has 3 heteroatoms. The standard InChI is InChI=1S/C18H29ClN2/c1-15(17-9-5-6-10-18(17)19)21(2)14-8-4-3-7-13-20-16-11-12-16/h5-6,9-10,15-16,20H,3-4,7-8,11-14H2,1-2H3. The average molecular weight is 309 g/mol. The Kier molecular flexibility index (Phi) is 7.01. The van der Waals surface area contributed by atoms with E-state index in [4.69, 9.17) is 11.6 Å². The molecule has 118 valence electrons. The summed E-state index contributed by atoms with van der Waals surface area (Å²) >= 11 is 6.28. The highest BCUT2D eigenvalue weighted by Gasteiger charge is 2.19. The predicted molar refractivity (Wildman–Crippen MR) is 92.0 cm³/mol. The van der Waals surface area contributed by atoms with E-state index in [2.05, 4.69) is 36.3 Å². The van der Waals surface area contributed by atoms with Gasteiger partial charge in [0.2, 0.25) is 0 Å². The van der Waals surface area contributed by atoms with Crippen molar-refractivity contribution in [3.63, 3.8) is 0 Å². The first-order valence-corrected chi connectivity index (χ1v) is 8.74. The molecular weight excluding hydrogens is 280 g/mol. The molecule has 1 saturated carbocycles. The third-order valence-electron chi connectivity index (χ3n) is 4.46. The van der Waals surface area contributed by atoms with E-state index in [1.807, 2.05) is 12.1 Å². The zero-order chi connectivity index (χ0) is 15.1. The molecule has 0 radical (unpaired) electrons. The molecule has 1 aromatic carbocycles. The summed E-state index contributed by atoms with van der Waals surface area (Å²) in [7, 11) is 2.20. The van der Waals surface area contributed by atoms with Gasteiger partial charge < -0.3 is 5.32 Å². The van der Waals surface area contributed by atoms with Gasteiger partial charge in [-0.1, -0.05) is 42.6 Å². The van der Waals surface area contributed by atoms with Crippen LogP contribution in [0, 0.1) is 0 Å². The molecule has 2 nitrogen and oxygen atoms in total. The molecule has 0 bridgehead atoms. The van der Waals surface area contributed by atoms with E-state index in [1.54, 1.807) is 0 Å². The highest BCUT2D eigenvalue weighted by Crippen LogP contribution is 2.26. The number of nitrogens with one attached hydrogen (secondary N) is 1. The van der Waals surface area contributed by atoms with Gasteiger partial charge in [-0.25, -0.2) is 0 Å². The molecule has 21 heavy (non-hydrogen) atoms. The number of hydrogen-bond acceptors (Lipinski definition) is 2. The summed E-state index contributed by atoms with van der Waals surface area (Å²) < 4.78 is 0. The van der Waals surface area contributed by atoms with Crippen LogP contribution in [0.2, 0.25) is 5.02 Å². The van der Waals surface area contributed by atoms with Crippen LogP contribution in [0.5, 0.6) is 0 Å². The van der Waals surface area contributed by atoms with Crippen molar-refractivity contribution in [1.29, 1.82) is 0 Å². The summed E-state index contributed by atoms with van der Waals surface area (Å²) in [4.78, 5) is 2.41. The second kappa shape index (κ2) is 8.77. The summed E-state index contributed by atoms with van der Waals surface area (Å²) in [6, 6.07) is 9.41. The topological polar surface area (TPSA) is 15.3 Å². The molecule has 2 rings (SSSR count). The van der Waals surface area contributed by atoms with Gasteiger partial charge in [-0.15, -0.1) is 0 Å². The Morgan fingerprint density at radius 2 is 1.90 bits per heavy atom. The summed E-state index contributed by atoms with van der Waals surface area (Å²) in [5.74, 6) is 0. The molecule has 0 heterocycles. The molecule has 1 aromatic rings. The molecule has 1 N–H and O–H groups in total. The number of halogens is 1. The Morgan fingerprint density at radius 3 is 2.62 bits per heavy atom. The zero-order valence-corrected chi connectivity index (χ0v) is 14.2. The van der Waals surface area contributed by atoms with Crippen LogP contribution in [0.3, 0.4) is 0 Å². The van der Waals surface area contributed by atoms with E-state index >= 15 is 0 Å². The average Bonchev–Trinajstić information content (AvgIpc) is 3.30. The Morgan fingerprint density at radius 1 is 1.19 bits per heavy atom. The predicted octanol–water partition coefficient (Wildman–Crippen LogP) is 4.65. The van der Waals surface area contributed by atoms with Crippen LogP contribution >= 0.6 is 11.6 Å². The first-order chi connectivity index (χ1) is 10.2. The lowest BCUT2D eigenvalue weighted by Gasteiger charge is -2.25. The van der Waals surface area contributed by atoms with Gasteiger partial charge in [-0.2, -0.15) is 0 Å². The highest BCUT2D eigenvalue weighted by molar-refractivity contribution is 6.31. The van der Waals surface area contributed by atoms with Crippen molar-refractivity contribution in [3.05, 3.63) is 34.9 Å². The Bertz CT molecular complexity index is 417. The quantitative estimate of drug-likeness (QED) is 0.633. The summed E-state index contributed by atoms with van der Waals surface area (Å²) in [6.07, 6.45) is 8.05. The number of hydrogen-bond donors (Lipinski definition) is 1. The fourth-order valence-electron chi connectivity index (χ4n) is 2.68. The van der Waals surface area contributed by atoms with Crippen LogP contribution in [0.25, 0.3) is 0 Å². The van der Waals surface area contributed by atoms with Gasteiger partial charge in [0.1, 0.15) is 0 Å². The van der Waals surface area contributed by atoms with Gasteiger partial charge in [-0.3, -0.25) is 4.90 Å². The van der Waals surface area contributed by atoms with Crippen LogP contribution in [-0.2, 0) is 0 Å². The fraction of sp³-hybridized carbons (Fsp3) is 0.667. The maximum Gasteiger partial charge on any atom is 0.0453 e. The molecule has 0 aliphatic heterocycles. The first-order valence-electron chi connectivity index (χ1n) is 8.36. The smallest absolute Gasteiger partial charge is 0.0453 e. The van der Waals surface area contributed by atoms with Crippen LogP contribution in [0.1, 0.15) is 57.1 Å². The van der Waals surface area contributed by atoms with Crippen LogP contribution < -0.4 is 5.32 Å². The lowest BCUT2D eigenvalue weighted by molar-refractivity contribution is 0.255. The van der Waals surface area contributed by atoms with Crippen molar-refractivity contribution in [2.75, 3.05) is 20.1 Å². The minimum absolute atomic E-state index is 0.384. The molecule has 1 aliphatic rings. The largest absolute Gasteiger partial charge is 0.314 e. The monoisotopic (exact) mass is 308 g/mol. The molecule has 1 fully saturated rings. The molecule has 0 aromatic heterocycles. The molecule has 0 amide bonds. The third kappa shape index (κ3) is 5.98. The van der Waals surface area contributed by atoms with Crippen molar-refractivity contribution < 1.29 is 0 Å². The second-order valence-electron chi connectivity index (χ2n) is 6.32. The number of benzene rings is 1. The normalized spacial score (nSPS) is 16.4. The minimum atomic E-state index is 0.384. The second-order valence-corrected chi connectivity index (χ2v) is 6.73. The number of rotatable bonds is 10. The van der Waals surface area contributed by atoms with Crippen LogP contribution in [0.15, 0.2) is 24.3 Å². The molecule has 0 saturated heterocycles. The zero-order valence-electron chi connectivity index (χ0n) is 13.4. The summed E-state index contributed by atoms with van der Waals surface area (Å²) in [5.41, 5.74) is 1.23. The van der Waals surface area contributed by atoms with Gasteiger partial charge in [0.25, 0.3) is 0 Å². The van der Waals surface area contributed by atoms with Crippen molar-refractivity contribution >= 4 is 11.6 Å². The van der Waals surface area contributed by atoms with E-state index in [-0.39, 0.29) is 0 Å². The van der Waals surface area contributed by atoms with Gasteiger partial charge in [0.15, 0.2) is 0 Å². The van der Waals surface area contributed by atoms with E-state index in [0.717, 1.165) is 17.6 Å². The molecular formula is C18H29ClN2. The van der Waals surface area contributed by atoms with E-state index in [0.29, 0.717) is 6.04 Å². The Labute approximate surface area is 134 Å². The van der Waals surface area contributed by atoms with Crippen molar-refractivity contribution in [2.24, 2.45) is 0 Å². The maximum atomic E-state index is 6.28. The maximum absolute atomic E-state index is 6.28.